The first-order valence-electron chi connectivity index (χ1n) is 5.23. The molecular weight excluding hydrogens is 256 g/mol. The summed E-state index contributed by atoms with van der Waals surface area (Å²) in [5, 5.41) is 3.88. The van der Waals surface area contributed by atoms with Crippen molar-refractivity contribution in [3.8, 4) is 0 Å². The minimum atomic E-state index is -3.67. The van der Waals surface area contributed by atoms with E-state index in [0.717, 1.165) is 0 Å². The Kier molecular flexibility index (Phi) is 3.14. The van der Waals surface area contributed by atoms with E-state index in [1.165, 1.54) is 16.9 Å². The van der Waals surface area contributed by atoms with E-state index in [1.54, 1.807) is 20.2 Å². The van der Waals surface area contributed by atoms with Gasteiger partial charge in [0.1, 0.15) is 16.4 Å². The average molecular weight is 270 g/mol. The summed E-state index contributed by atoms with van der Waals surface area (Å²) in [6.45, 7) is 1.74. The quantitative estimate of drug-likeness (QED) is 0.846. The van der Waals surface area contributed by atoms with E-state index in [9.17, 15) is 8.42 Å². The SMILES string of the molecule is Cc1oc(CN)cc1S(=O)(=O)Nc1cnn(C)c1. The highest BCUT2D eigenvalue weighted by atomic mass is 32.2. The van der Waals surface area contributed by atoms with E-state index in [4.69, 9.17) is 10.2 Å². The van der Waals surface area contributed by atoms with Crippen molar-refractivity contribution < 1.29 is 12.8 Å². The summed E-state index contributed by atoms with van der Waals surface area (Å²) in [5.41, 5.74) is 5.80. The first-order valence-corrected chi connectivity index (χ1v) is 6.71. The van der Waals surface area contributed by atoms with E-state index >= 15 is 0 Å². The molecule has 0 radical (unpaired) electrons. The van der Waals surface area contributed by atoms with Crippen LogP contribution < -0.4 is 10.5 Å². The highest BCUT2D eigenvalue weighted by Crippen LogP contribution is 2.22. The molecule has 3 N–H and O–H groups in total. The molecule has 2 aromatic rings. The van der Waals surface area contributed by atoms with Crippen LogP contribution in [0.2, 0.25) is 0 Å². The fourth-order valence-electron chi connectivity index (χ4n) is 1.58. The van der Waals surface area contributed by atoms with Crippen LogP contribution in [-0.2, 0) is 23.6 Å². The molecule has 0 aliphatic heterocycles. The fourth-order valence-corrected chi connectivity index (χ4v) is 2.81. The van der Waals surface area contributed by atoms with Gasteiger partial charge >= 0.3 is 0 Å². The zero-order chi connectivity index (χ0) is 13.3. The molecule has 0 bridgehead atoms. The van der Waals surface area contributed by atoms with Crippen LogP contribution in [0.4, 0.5) is 5.69 Å². The summed E-state index contributed by atoms with van der Waals surface area (Å²) in [6.07, 6.45) is 2.99. The number of hydrogen-bond donors (Lipinski definition) is 2. The van der Waals surface area contributed by atoms with Gasteiger partial charge in [-0.15, -0.1) is 0 Å². The maximum absolute atomic E-state index is 12.1. The number of nitrogens with two attached hydrogens (primary N) is 1. The molecule has 0 spiro atoms. The highest BCUT2D eigenvalue weighted by molar-refractivity contribution is 7.92. The van der Waals surface area contributed by atoms with Gasteiger partial charge in [-0.25, -0.2) is 8.42 Å². The molecule has 2 aromatic heterocycles. The molecule has 0 amide bonds. The summed E-state index contributed by atoms with van der Waals surface area (Å²) in [6, 6.07) is 1.42. The van der Waals surface area contributed by atoms with Crippen molar-refractivity contribution in [3.63, 3.8) is 0 Å². The maximum Gasteiger partial charge on any atom is 0.265 e. The second-order valence-corrected chi connectivity index (χ2v) is 5.50. The minimum Gasteiger partial charge on any atom is -0.464 e. The number of rotatable bonds is 4. The second kappa shape index (κ2) is 4.46. The van der Waals surface area contributed by atoms with E-state index in [-0.39, 0.29) is 11.4 Å². The number of aryl methyl sites for hydroxylation is 2. The zero-order valence-corrected chi connectivity index (χ0v) is 10.9. The Balaban J connectivity index is 2.33. The topological polar surface area (TPSA) is 103 Å². The first kappa shape index (κ1) is 12.7. The Bertz CT molecular complexity index is 656. The van der Waals surface area contributed by atoms with Crippen molar-refractivity contribution in [1.29, 1.82) is 0 Å². The van der Waals surface area contributed by atoms with Gasteiger partial charge in [0, 0.05) is 19.3 Å². The molecule has 98 valence electrons. The third kappa shape index (κ3) is 2.39. The van der Waals surface area contributed by atoms with Crippen LogP contribution in [-0.4, -0.2) is 18.2 Å². The van der Waals surface area contributed by atoms with Crippen molar-refractivity contribution in [2.45, 2.75) is 18.4 Å². The Morgan fingerprint density at radius 3 is 2.78 bits per heavy atom. The van der Waals surface area contributed by atoms with Gasteiger partial charge in [0.05, 0.1) is 18.4 Å². The molecule has 0 aliphatic rings. The second-order valence-electron chi connectivity index (χ2n) is 3.85. The monoisotopic (exact) mass is 270 g/mol. The molecule has 8 heteroatoms. The number of nitrogens with zero attached hydrogens (tertiary/aromatic N) is 2. The molecule has 0 saturated heterocycles. The van der Waals surface area contributed by atoms with Gasteiger partial charge in [0.25, 0.3) is 10.0 Å². The highest BCUT2D eigenvalue weighted by Gasteiger charge is 2.21. The summed E-state index contributed by atoms with van der Waals surface area (Å²) < 4.78 is 33.4. The van der Waals surface area contributed by atoms with Crippen molar-refractivity contribution in [1.82, 2.24) is 9.78 Å². The Morgan fingerprint density at radius 2 is 2.28 bits per heavy atom. The van der Waals surface area contributed by atoms with Gasteiger partial charge in [-0.3, -0.25) is 9.40 Å². The smallest absolute Gasteiger partial charge is 0.265 e. The molecule has 0 unspecified atom stereocenters. The van der Waals surface area contributed by atoms with Gasteiger partial charge in [-0.05, 0) is 6.92 Å². The molecule has 0 atom stereocenters. The van der Waals surface area contributed by atoms with Crippen LogP contribution in [0.25, 0.3) is 0 Å². The van der Waals surface area contributed by atoms with Crippen LogP contribution in [0, 0.1) is 6.92 Å². The standard InChI is InChI=1S/C10H14N4O3S/c1-7-10(3-9(4-11)17-7)18(15,16)13-8-5-12-14(2)6-8/h3,5-6,13H,4,11H2,1-2H3. The van der Waals surface area contributed by atoms with E-state index in [2.05, 4.69) is 9.82 Å². The molecule has 0 aliphatic carbocycles. The summed E-state index contributed by atoms with van der Waals surface area (Å²) in [7, 11) is -1.97. The van der Waals surface area contributed by atoms with Crippen LogP contribution in [0.1, 0.15) is 11.5 Å². The predicted octanol–water partition coefficient (Wildman–Crippen LogP) is 0.581. The largest absolute Gasteiger partial charge is 0.464 e. The summed E-state index contributed by atoms with van der Waals surface area (Å²) in [4.78, 5) is 0.0896. The van der Waals surface area contributed by atoms with Crippen molar-refractivity contribution in [2.75, 3.05) is 4.72 Å². The van der Waals surface area contributed by atoms with Crippen LogP contribution in [0.5, 0.6) is 0 Å². The molecule has 18 heavy (non-hydrogen) atoms. The lowest BCUT2D eigenvalue weighted by molar-refractivity contribution is 0.479. The zero-order valence-electron chi connectivity index (χ0n) is 10.0. The number of hydrogen-bond acceptors (Lipinski definition) is 5. The van der Waals surface area contributed by atoms with Crippen LogP contribution in [0.3, 0.4) is 0 Å². The van der Waals surface area contributed by atoms with Crippen molar-refractivity contribution in [3.05, 3.63) is 30.0 Å². The van der Waals surface area contributed by atoms with Gasteiger partial charge in [-0.1, -0.05) is 0 Å². The van der Waals surface area contributed by atoms with E-state index < -0.39 is 10.0 Å². The van der Waals surface area contributed by atoms with Gasteiger partial charge in [0.2, 0.25) is 0 Å². The number of furan rings is 1. The van der Waals surface area contributed by atoms with Gasteiger partial charge in [0.15, 0.2) is 0 Å². The molecule has 2 heterocycles. The van der Waals surface area contributed by atoms with Crippen LogP contribution >= 0.6 is 0 Å². The first-order chi connectivity index (χ1) is 8.42. The fraction of sp³-hybridized carbons (Fsp3) is 0.300. The third-order valence-corrected chi connectivity index (χ3v) is 3.86. The van der Waals surface area contributed by atoms with Crippen molar-refractivity contribution >= 4 is 15.7 Å². The third-order valence-electron chi connectivity index (χ3n) is 2.37. The average Bonchev–Trinajstić information content (AvgIpc) is 2.84. The number of anilines is 1. The number of nitrogens with one attached hydrogen (secondary N) is 1. The summed E-state index contributed by atoms with van der Waals surface area (Å²) in [5.74, 6) is 0.742. The normalized spacial score (nSPS) is 11.7. The number of aromatic nitrogens is 2. The number of sulfonamides is 1. The minimum absolute atomic E-state index is 0.0896. The molecule has 0 aromatic carbocycles. The molecule has 2 rings (SSSR count). The van der Waals surface area contributed by atoms with Gasteiger partial charge in [-0.2, -0.15) is 5.10 Å². The lowest BCUT2D eigenvalue weighted by Crippen LogP contribution is -2.12. The Labute approximate surface area is 105 Å². The molecular formula is C10H14N4O3S. The Morgan fingerprint density at radius 1 is 1.56 bits per heavy atom. The van der Waals surface area contributed by atoms with Gasteiger partial charge < -0.3 is 10.2 Å². The molecule has 0 fully saturated rings. The lowest BCUT2D eigenvalue weighted by atomic mass is 10.4. The molecule has 7 nitrogen and oxygen atoms in total. The Hall–Kier alpha value is -1.80. The van der Waals surface area contributed by atoms with E-state index in [1.807, 2.05) is 0 Å². The van der Waals surface area contributed by atoms with Crippen LogP contribution in [0.15, 0.2) is 27.8 Å². The van der Waals surface area contributed by atoms with E-state index in [0.29, 0.717) is 17.2 Å². The summed E-state index contributed by atoms with van der Waals surface area (Å²) >= 11 is 0. The molecule has 0 saturated carbocycles. The van der Waals surface area contributed by atoms with Crippen molar-refractivity contribution in [2.24, 2.45) is 12.8 Å². The maximum atomic E-state index is 12.1. The predicted molar refractivity (Wildman–Crippen MR) is 65.4 cm³/mol. The lowest BCUT2D eigenvalue weighted by Gasteiger charge is -2.03.